The van der Waals surface area contributed by atoms with Crippen molar-refractivity contribution in [3.63, 3.8) is 0 Å². The van der Waals surface area contributed by atoms with Gasteiger partial charge in [0.2, 0.25) is 0 Å². The molecule has 0 spiro atoms. The predicted octanol–water partition coefficient (Wildman–Crippen LogP) is -4.76. The Labute approximate surface area is 234 Å². The Hall–Kier alpha value is -0.600. The second-order valence-corrected chi connectivity index (χ2v) is 12.4. The number of nitrogens with two attached hydrogens (primary N) is 6. The number of ether oxygens (including phenoxy) is 5. The van der Waals surface area contributed by atoms with Crippen LogP contribution in [0.3, 0.4) is 0 Å². The zero-order valence-corrected chi connectivity index (χ0v) is 23.3. The zero-order valence-electron chi connectivity index (χ0n) is 23.3. The lowest BCUT2D eigenvalue weighted by Crippen LogP contribution is -2.67. The summed E-state index contributed by atoms with van der Waals surface area (Å²) in [5, 5.41) is 42.7. The van der Waals surface area contributed by atoms with E-state index in [1.807, 2.05) is 13.8 Å². The molecule has 4 rings (SSSR count). The van der Waals surface area contributed by atoms with Gasteiger partial charge in [0.1, 0.15) is 18.3 Å². The summed E-state index contributed by atoms with van der Waals surface area (Å²) in [6.07, 6.45) is -8.72. The molecule has 4 fully saturated rings. The highest BCUT2D eigenvalue weighted by molar-refractivity contribution is 5.05. The average Bonchev–Trinajstić information content (AvgIpc) is 3.19. The minimum Gasteiger partial charge on any atom is -0.394 e. The maximum absolute atomic E-state index is 11.2. The van der Waals surface area contributed by atoms with Crippen molar-refractivity contribution in [1.29, 1.82) is 0 Å². The molecule has 3 saturated heterocycles. The molecule has 1 aliphatic carbocycles. The maximum atomic E-state index is 11.2. The van der Waals surface area contributed by atoms with Gasteiger partial charge in [0.15, 0.2) is 12.6 Å². The molecule has 0 aromatic heterocycles. The first-order chi connectivity index (χ1) is 18.8. The van der Waals surface area contributed by atoms with Gasteiger partial charge in [-0.25, -0.2) is 0 Å². The molecule has 0 aromatic rings. The first-order valence-electron chi connectivity index (χ1n) is 14.2. The van der Waals surface area contributed by atoms with Crippen LogP contribution in [0.15, 0.2) is 0 Å². The normalized spacial score (nSPS) is 50.7. The monoisotopic (exact) mass is 578 g/mol. The average molecular weight is 579 g/mol. The Morgan fingerprint density at radius 3 is 2.12 bits per heavy atom. The predicted molar refractivity (Wildman–Crippen MR) is 142 cm³/mol. The van der Waals surface area contributed by atoms with Gasteiger partial charge in [0, 0.05) is 42.5 Å². The molecular formula is C25H50N6O9. The van der Waals surface area contributed by atoms with Crippen LogP contribution in [0.25, 0.3) is 0 Å². The first kappa shape index (κ1) is 32.3. The summed E-state index contributed by atoms with van der Waals surface area (Å²) in [7, 11) is 0. The Morgan fingerprint density at radius 2 is 1.50 bits per heavy atom. The molecule has 15 heteroatoms. The summed E-state index contributed by atoms with van der Waals surface area (Å²) in [4.78, 5) is 0. The molecule has 3 aliphatic heterocycles. The summed E-state index contributed by atoms with van der Waals surface area (Å²) in [5.74, 6) is -0.603. The van der Waals surface area contributed by atoms with Gasteiger partial charge in [0.05, 0.1) is 49.3 Å². The number of aliphatic hydroxyl groups is 4. The molecule has 0 radical (unpaired) electrons. The minimum atomic E-state index is -1.43. The van der Waals surface area contributed by atoms with Crippen LogP contribution >= 0.6 is 0 Å². The van der Waals surface area contributed by atoms with E-state index in [4.69, 9.17) is 58.1 Å². The van der Waals surface area contributed by atoms with Crippen molar-refractivity contribution in [2.75, 3.05) is 13.2 Å². The molecule has 0 aromatic carbocycles. The van der Waals surface area contributed by atoms with Crippen LogP contribution in [-0.2, 0) is 23.7 Å². The van der Waals surface area contributed by atoms with Crippen LogP contribution in [-0.4, -0.2) is 131 Å². The standard InChI is InChI=1S/C25H50N6O9/c1-25(2,31)15-4-3-10(27)20(38-15)16-11(28)6-12(29)18(34)22(16)40-24-19(35)21(14(8-32)37-24)39-23-17(30)13(33)5-9(7-26)36-23/h9-24,32-35H,3-8,26-31H2,1-2H3/t9-,10-,11+,12-,13+,14-,15+,16?,17-,18+,19-,20+,21-,22+,23-,24+/m1/s1. The molecule has 0 bridgehead atoms. The van der Waals surface area contributed by atoms with Gasteiger partial charge < -0.3 is 78.5 Å². The van der Waals surface area contributed by atoms with Crippen LogP contribution < -0.4 is 34.4 Å². The molecule has 16 N–H and O–H groups in total. The lowest BCUT2D eigenvalue weighted by molar-refractivity contribution is -0.258. The SMILES string of the molecule is CC(C)(N)[C@@H]1CC[C@@H](N)[C@@H](C2[C@@H](N)C[C@@H](N)[C@H](O)[C@H]2O[C@@H]2O[C@H](CO)[C@@H](O[C@H]3O[C@@H](CN)C[C@H](O)[C@H]3N)[C@H]2O)O1. The molecule has 16 atom stereocenters. The number of hydrogen-bond donors (Lipinski definition) is 10. The van der Waals surface area contributed by atoms with Gasteiger partial charge in [0.25, 0.3) is 0 Å². The van der Waals surface area contributed by atoms with Gasteiger partial charge in [-0.2, -0.15) is 0 Å². The zero-order chi connectivity index (χ0) is 29.5. The smallest absolute Gasteiger partial charge is 0.187 e. The van der Waals surface area contributed by atoms with E-state index in [1.165, 1.54) is 0 Å². The fraction of sp³-hybridized carbons (Fsp3) is 1.00. The first-order valence-corrected chi connectivity index (χ1v) is 14.2. The third-order valence-corrected chi connectivity index (χ3v) is 8.81. The van der Waals surface area contributed by atoms with Crippen molar-refractivity contribution in [3.8, 4) is 0 Å². The molecule has 1 unspecified atom stereocenters. The largest absolute Gasteiger partial charge is 0.394 e. The van der Waals surface area contributed by atoms with Gasteiger partial charge >= 0.3 is 0 Å². The van der Waals surface area contributed by atoms with Crippen LogP contribution in [0.1, 0.15) is 39.5 Å². The Bertz CT molecular complexity index is 826. The van der Waals surface area contributed by atoms with Gasteiger partial charge in [-0.15, -0.1) is 0 Å². The van der Waals surface area contributed by atoms with E-state index < -0.39 is 104 Å². The summed E-state index contributed by atoms with van der Waals surface area (Å²) < 4.78 is 30.1. The molecule has 4 aliphatic rings. The summed E-state index contributed by atoms with van der Waals surface area (Å²) in [5.41, 5.74) is 36.8. The fourth-order valence-electron chi connectivity index (χ4n) is 6.38. The van der Waals surface area contributed by atoms with E-state index in [2.05, 4.69) is 0 Å². The molecule has 40 heavy (non-hydrogen) atoms. The van der Waals surface area contributed by atoms with E-state index in [1.54, 1.807) is 0 Å². The molecule has 3 heterocycles. The molecule has 15 nitrogen and oxygen atoms in total. The van der Waals surface area contributed by atoms with Crippen LogP contribution in [0.5, 0.6) is 0 Å². The number of hydrogen-bond acceptors (Lipinski definition) is 15. The van der Waals surface area contributed by atoms with Crippen molar-refractivity contribution in [1.82, 2.24) is 0 Å². The maximum Gasteiger partial charge on any atom is 0.187 e. The second-order valence-electron chi connectivity index (χ2n) is 12.4. The molecule has 1 saturated carbocycles. The highest BCUT2D eigenvalue weighted by Crippen LogP contribution is 2.39. The Kier molecular flexibility index (Phi) is 10.5. The molecule has 234 valence electrons. The van der Waals surface area contributed by atoms with E-state index in [0.717, 1.165) is 0 Å². The lowest BCUT2D eigenvalue weighted by Gasteiger charge is -2.51. The van der Waals surface area contributed by atoms with Crippen molar-refractivity contribution < 1.29 is 44.1 Å². The van der Waals surface area contributed by atoms with Crippen LogP contribution in [0, 0.1) is 5.92 Å². The molecular weight excluding hydrogens is 528 g/mol. The summed E-state index contributed by atoms with van der Waals surface area (Å²) in [6.45, 7) is 3.36. The van der Waals surface area contributed by atoms with Crippen molar-refractivity contribution >= 4 is 0 Å². The van der Waals surface area contributed by atoms with Gasteiger partial charge in [-0.05, 0) is 33.1 Å². The van der Waals surface area contributed by atoms with Crippen molar-refractivity contribution in [2.24, 2.45) is 40.3 Å². The summed E-state index contributed by atoms with van der Waals surface area (Å²) in [6, 6.07) is -2.56. The highest BCUT2D eigenvalue weighted by Gasteiger charge is 2.54. The van der Waals surface area contributed by atoms with Crippen molar-refractivity contribution in [2.45, 2.75) is 137 Å². The lowest BCUT2D eigenvalue weighted by atomic mass is 9.72. The van der Waals surface area contributed by atoms with E-state index in [-0.39, 0.29) is 19.1 Å². The number of rotatable bonds is 8. The second kappa shape index (κ2) is 13.0. The van der Waals surface area contributed by atoms with Gasteiger partial charge in [-0.3, -0.25) is 0 Å². The topological polar surface area (TPSA) is 283 Å². The Balaban J connectivity index is 1.53. The molecule has 0 amide bonds. The minimum absolute atomic E-state index is 0.136. The fourth-order valence-corrected chi connectivity index (χ4v) is 6.38. The third-order valence-electron chi connectivity index (χ3n) is 8.81. The quantitative estimate of drug-likeness (QED) is 0.129. The van der Waals surface area contributed by atoms with E-state index in [0.29, 0.717) is 19.3 Å². The Morgan fingerprint density at radius 1 is 0.825 bits per heavy atom. The van der Waals surface area contributed by atoms with Gasteiger partial charge in [-0.1, -0.05) is 0 Å². The van der Waals surface area contributed by atoms with Crippen molar-refractivity contribution in [3.05, 3.63) is 0 Å². The van der Waals surface area contributed by atoms with Crippen LogP contribution in [0.4, 0.5) is 0 Å². The third kappa shape index (κ3) is 6.64. The highest BCUT2D eigenvalue weighted by atomic mass is 16.7. The number of aliphatic hydroxyl groups excluding tert-OH is 4. The van der Waals surface area contributed by atoms with E-state index in [9.17, 15) is 20.4 Å². The van der Waals surface area contributed by atoms with Crippen LogP contribution in [0.2, 0.25) is 0 Å². The summed E-state index contributed by atoms with van der Waals surface area (Å²) >= 11 is 0. The van der Waals surface area contributed by atoms with E-state index >= 15 is 0 Å².